The van der Waals surface area contributed by atoms with Crippen LogP contribution < -0.4 is 10.6 Å². The summed E-state index contributed by atoms with van der Waals surface area (Å²) in [4.78, 5) is 45.4. The maximum absolute atomic E-state index is 12.1. The zero-order valence-corrected chi connectivity index (χ0v) is 15.1. The first-order valence-electron chi connectivity index (χ1n) is 8.37. The second kappa shape index (κ2) is 9.81. The first-order valence-corrected chi connectivity index (χ1v) is 8.37. The molecule has 2 amide bonds. The van der Waals surface area contributed by atoms with Crippen molar-refractivity contribution in [3.05, 3.63) is 70.3 Å². The Hall–Kier alpha value is -3.75. The van der Waals surface area contributed by atoms with Crippen molar-refractivity contribution in [2.75, 3.05) is 11.9 Å². The summed E-state index contributed by atoms with van der Waals surface area (Å²) in [5.41, 5.74) is 0.978. The largest absolute Gasteiger partial charge is 0.455 e. The summed E-state index contributed by atoms with van der Waals surface area (Å²) in [5.74, 6) is -1.53. The molecule has 0 saturated carbocycles. The average Bonchev–Trinajstić information content (AvgIpc) is 2.66. The Balaban J connectivity index is 1.86. The third-order valence-electron chi connectivity index (χ3n) is 3.68. The van der Waals surface area contributed by atoms with Crippen molar-refractivity contribution in [3.63, 3.8) is 0 Å². The molecule has 0 aliphatic rings. The number of carbonyl (C=O) groups is 3. The number of nitro benzene ring substituents is 1. The molecular weight excluding hydrogens is 366 g/mol. The van der Waals surface area contributed by atoms with Crippen LogP contribution in [0.1, 0.15) is 24.9 Å². The molecule has 9 heteroatoms. The second-order valence-electron chi connectivity index (χ2n) is 5.88. The number of hydrogen-bond donors (Lipinski definition) is 2. The SMILES string of the molecule is CC(=O)N[C@@H](CC(=O)OCC(=O)Nc1ccc([N+](=O)[O-])cc1)c1ccccc1. The van der Waals surface area contributed by atoms with Gasteiger partial charge in [0.25, 0.3) is 11.6 Å². The van der Waals surface area contributed by atoms with Gasteiger partial charge in [-0.2, -0.15) is 0 Å². The fraction of sp³-hybridized carbons (Fsp3) is 0.211. The minimum absolute atomic E-state index is 0.102. The van der Waals surface area contributed by atoms with E-state index in [0.717, 1.165) is 5.56 Å². The number of benzene rings is 2. The number of carbonyl (C=O) groups excluding carboxylic acids is 3. The fourth-order valence-corrected chi connectivity index (χ4v) is 2.42. The van der Waals surface area contributed by atoms with Crippen molar-refractivity contribution < 1.29 is 24.0 Å². The third-order valence-corrected chi connectivity index (χ3v) is 3.68. The molecule has 1 atom stereocenters. The summed E-state index contributed by atoms with van der Waals surface area (Å²) >= 11 is 0. The summed E-state index contributed by atoms with van der Waals surface area (Å²) in [6.45, 7) is 0.830. The van der Waals surface area contributed by atoms with Crippen LogP contribution in [0.15, 0.2) is 54.6 Å². The number of nitro groups is 1. The quantitative estimate of drug-likeness (QED) is 0.408. The number of nitrogens with zero attached hydrogens (tertiary/aromatic N) is 1. The summed E-state index contributed by atoms with van der Waals surface area (Å²) in [7, 11) is 0. The summed E-state index contributed by atoms with van der Waals surface area (Å²) in [5, 5.41) is 15.7. The topological polar surface area (TPSA) is 128 Å². The van der Waals surface area contributed by atoms with E-state index in [1.165, 1.54) is 31.2 Å². The van der Waals surface area contributed by atoms with Crippen LogP contribution in [0.5, 0.6) is 0 Å². The number of nitrogens with one attached hydrogen (secondary N) is 2. The molecule has 0 aromatic heterocycles. The van der Waals surface area contributed by atoms with E-state index in [0.29, 0.717) is 5.69 Å². The lowest BCUT2D eigenvalue weighted by Crippen LogP contribution is -2.29. The standard InChI is InChI=1S/C19H19N3O6/c1-13(23)20-17(14-5-3-2-4-6-14)11-19(25)28-12-18(24)21-15-7-9-16(10-8-15)22(26)27/h2-10,17H,11-12H2,1H3,(H,20,23)(H,21,24)/t17-/m0/s1. The van der Waals surface area contributed by atoms with Crippen LogP contribution >= 0.6 is 0 Å². The van der Waals surface area contributed by atoms with E-state index < -0.39 is 29.4 Å². The molecule has 0 spiro atoms. The second-order valence-corrected chi connectivity index (χ2v) is 5.88. The van der Waals surface area contributed by atoms with Crippen LogP contribution in [-0.4, -0.2) is 29.3 Å². The Morgan fingerprint density at radius 1 is 1.07 bits per heavy atom. The van der Waals surface area contributed by atoms with E-state index in [-0.39, 0.29) is 18.0 Å². The molecule has 2 rings (SSSR count). The lowest BCUT2D eigenvalue weighted by molar-refractivity contribution is -0.384. The Bertz CT molecular complexity index is 852. The van der Waals surface area contributed by atoms with E-state index in [1.807, 2.05) is 6.07 Å². The first-order chi connectivity index (χ1) is 13.3. The highest BCUT2D eigenvalue weighted by Crippen LogP contribution is 2.18. The van der Waals surface area contributed by atoms with Crippen LogP contribution in [-0.2, 0) is 19.1 Å². The van der Waals surface area contributed by atoms with E-state index in [4.69, 9.17) is 4.74 Å². The Kier molecular flexibility index (Phi) is 7.21. The van der Waals surface area contributed by atoms with Gasteiger partial charge in [-0.15, -0.1) is 0 Å². The van der Waals surface area contributed by atoms with Gasteiger partial charge >= 0.3 is 5.97 Å². The predicted molar refractivity (Wildman–Crippen MR) is 100 cm³/mol. The molecule has 2 aromatic carbocycles. The van der Waals surface area contributed by atoms with Gasteiger partial charge in [-0.05, 0) is 17.7 Å². The molecule has 2 N–H and O–H groups in total. The number of rotatable bonds is 8. The number of amides is 2. The van der Waals surface area contributed by atoms with Gasteiger partial charge < -0.3 is 15.4 Å². The molecule has 0 bridgehead atoms. The van der Waals surface area contributed by atoms with Gasteiger partial charge in [-0.1, -0.05) is 30.3 Å². The van der Waals surface area contributed by atoms with Crippen molar-refractivity contribution in [2.45, 2.75) is 19.4 Å². The molecule has 146 valence electrons. The molecule has 0 saturated heterocycles. The number of hydrogen-bond acceptors (Lipinski definition) is 6. The Morgan fingerprint density at radius 2 is 1.71 bits per heavy atom. The van der Waals surface area contributed by atoms with Gasteiger partial charge in [-0.3, -0.25) is 24.5 Å². The summed E-state index contributed by atoms with van der Waals surface area (Å²) in [6.07, 6.45) is -0.131. The van der Waals surface area contributed by atoms with Gasteiger partial charge in [0.15, 0.2) is 6.61 Å². The molecule has 9 nitrogen and oxygen atoms in total. The average molecular weight is 385 g/mol. The molecule has 0 heterocycles. The normalized spacial score (nSPS) is 11.2. The minimum Gasteiger partial charge on any atom is -0.455 e. The Labute approximate surface area is 160 Å². The van der Waals surface area contributed by atoms with Crippen LogP contribution in [0.3, 0.4) is 0 Å². The zero-order valence-electron chi connectivity index (χ0n) is 15.1. The molecule has 2 aromatic rings. The van der Waals surface area contributed by atoms with E-state index in [9.17, 15) is 24.5 Å². The molecule has 28 heavy (non-hydrogen) atoms. The van der Waals surface area contributed by atoms with Crippen LogP contribution in [0.4, 0.5) is 11.4 Å². The van der Waals surface area contributed by atoms with Crippen molar-refractivity contribution in [1.82, 2.24) is 5.32 Å². The molecule has 0 radical (unpaired) electrons. The van der Waals surface area contributed by atoms with Crippen LogP contribution in [0, 0.1) is 10.1 Å². The molecule has 0 aliphatic heterocycles. The summed E-state index contributed by atoms with van der Waals surface area (Å²) < 4.78 is 4.96. The van der Waals surface area contributed by atoms with Gasteiger partial charge in [0.05, 0.1) is 17.4 Å². The van der Waals surface area contributed by atoms with Gasteiger partial charge in [0.2, 0.25) is 5.91 Å². The molecule has 0 unspecified atom stereocenters. The van der Waals surface area contributed by atoms with Crippen molar-refractivity contribution in [2.24, 2.45) is 0 Å². The van der Waals surface area contributed by atoms with E-state index in [1.54, 1.807) is 24.3 Å². The predicted octanol–water partition coefficient (Wildman–Crippen LogP) is 2.34. The third kappa shape index (κ3) is 6.52. The van der Waals surface area contributed by atoms with Crippen molar-refractivity contribution in [1.29, 1.82) is 0 Å². The highest BCUT2D eigenvalue weighted by molar-refractivity contribution is 5.92. The highest BCUT2D eigenvalue weighted by Gasteiger charge is 2.18. The molecular formula is C19H19N3O6. The number of non-ortho nitro benzene ring substituents is 1. The van der Waals surface area contributed by atoms with Gasteiger partial charge in [-0.25, -0.2) is 0 Å². The van der Waals surface area contributed by atoms with E-state index in [2.05, 4.69) is 10.6 Å². The van der Waals surface area contributed by atoms with E-state index >= 15 is 0 Å². The number of anilines is 1. The van der Waals surface area contributed by atoms with Crippen molar-refractivity contribution in [3.8, 4) is 0 Å². The maximum atomic E-state index is 12.1. The minimum atomic E-state index is -0.651. The van der Waals surface area contributed by atoms with Gasteiger partial charge in [0, 0.05) is 24.7 Å². The fourth-order valence-electron chi connectivity index (χ4n) is 2.42. The molecule has 0 fully saturated rings. The zero-order chi connectivity index (χ0) is 20.5. The maximum Gasteiger partial charge on any atom is 0.308 e. The first kappa shape index (κ1) is 20.6. The highest BCUT2D eigenvalue weighted by atomic mass is 16.6. The summed E-state index contributed by atoms with van der Waals surface area (Å²) in [6, 6.07) is 13.6. The Morgan fingerprint density at radius 3 is 2.29 bits per heavy atom. The monoisotopic (exact) mass is 385 g/mol. The van der Waals surface area contributed by atoms with Crippen molar-refractivity contribution >= 4 is 29.2 Å². The lowest BCUT2D eigenvalue weighted by atomic mass is 10.0. The van der Waals surface area contributed by atoms with Crippen LogP contribution in [0.2, 0.25) is 0 Å². The lowest BCUT2D eigenvalue weighted by Gasteiger charge is -2.17. The molecule has 0 aliphatic carbocycles. The number of esters is 1. The number of ether oxygens (including phenoxy) is 1. The smallest absolute Gasteiger partial charge is 0.308 e. The van der Waals surface area contributed by atoms with Gasteiger partial charge in [0.1, 0.15) is 0 Å². The van der Waals surface area contributed by atoms with Crippen LogP contribution in [0.25, 0.3) is 0 Å².